The molecule has 1 aromatic carbocycles. The first kappa shape index (κ1) is 13.7. The number of nitrogens with one attached hydrogen (secondary N) is 1. The molecule has 1 amide bonds. The fourth-order valence-corrected chi connectivity index (χ4v) is 1.49. The van der Waals surface area contributed by atoms with E-state index in [4.69, 9.17) is 6.42 Å². The third-order valence-electron chi connectivity index (χ3n) is 2.36. The Bertz CT molecular complexity index is 477. The Balaban J connectivity index is 2.54. The van der Waals surface area contributed by atoms with Crippen molar-refractivity contribution in [3.8, 4) is 12.3 Å². The number of para-hydroxylation sites is 1. The number of nitro benzene ring substituents is 1. The molecule has 0 aromatic heterocycles. The van der Waals surface area contributed by atoms with E-state index in [-0.39, 0.29) is 18.0 Å². The van der Waals surface area contributed by atoms with Crippen molar-refractivity contribution >= 4 is 11.6 Å². The Labute approximate surface area is 105 Å². The van der Waals surface area contributed by atoms with E-state index < -0.39 is 4.92 Å². The minimum Gasteiger partial charge on any atom is -0.356 e. The van der Waals surface area contributed by atoms with Gasteiger partial charge in [-0.3, -0.25) is 14.9 Å². The molecule has 0 saturated carbocycles. The van der Waals surface area contributed by atoms with Crippen LogP contribution in [0.25, 0.3) is 0 Å². The van der Waals surface area contributed by atoms with Crippen LogP contribution in [0.15, 0.2) is 24.3 Å². The zero-order valence-electron chi connectivity index (χ0n) is 9.89. The van der Waals surface area contributed by atoms with Crippen LogP contribution in [0.3, 0.4) is 0 Å². The van der Waals surface area contributed by atoms with Crippen LogP contribution >= 0.6 is 0 Å². The molecule has 0 saturated heterocycles. The Morgan fingerprint density at radius 1 is 1.44 bits per heavy atom. The van der Waals surface area contributed by atoms with Crippen LogP contribution in [0.1, 0.15) is 18.4 Å². The van der Waals surface area contributed by atoms with Gasteiger partial charge < -0.3 is 5.32 Å². The van der Waals surface area contributed by atoms with Crippen molar-refractivity contribution in [2.75, 3.05) is 6.54 Å². The predicted octanol–water partition coefficient (Wildman–Crippen LogP) is 1.67. The highest BCUT2D eigenvalue weighted by Crippen LogP contribution is 2.17. The number of rotatable bonds is 6. The molecule has 94 valence electrons. The third kappa shape index (κ3) is 4.26. The second-order valence-corrected chi connectivity index (χ2v) is 3.72. The number of unbranched alkanes of at least 4 members (excludes halogenated alkanes) is 1. The summed E-state index contributed by atoms with van der Waals surface area (Å²) in [4.78, 5) is 21.8. The van der Waals surface area contributed by atoms with Gasteiger partial charge in [0.25, 0.3) is 5.69 Å². The zero-order chi connectivity index (χ0) is 13.4. The van der Waals surface area contributed by atoms with Crippen LogP contribution < -0.4 is 5.32 Å². The molecule has 0 aliphatic rings. The first-order valence-corrected chi connectivity index (χ1v) is 5.57. The highest BCUT2D eigenvalue weighted by atomic mass is 16.6. The molecule has 5 nitrogen and oxygen atoms in total. The van der Waals surface area contributed by atoms with Crippen molar-refractivity contribution in [2.45, 2.75) is 19.3 Å². The van der Waals surface area contributed by atoms with Crippen molar-refractivity contribution in [1.29, 1.82) is 0 Å². The van der Waals surface area contributed by atoms with E-state index in [1.54, 1.807) is 18.2 Å². The Kier molecular flexibility index (Phi) is 5.39. The number of hydrogen-bond donors (Lipinski definition) is 1. The van der Waals surface area contributed by atoms with Crippen LogP contribution in [-0.2, 0) is 11.2 Å². The number of amides is 1. The summed E-state index contributed by atoms with van der Waals surface area (Å²) in [6, 6.07) is 6.22. The fraction of sp³-hybridized carbons (Fsp3) is 0.308. The average Bonchev–Trinajstić information content (AvgIpc) is 2.35. The third-order valence-corrected chi connectivity index (χ3v) is 2.36. The van der Waals surface area contributed by atoms with E-state index in [0.717, 1.165) is 0 Å². The van der Waals surface area contributed by atoms with Crippen molar-refractivity contribution in [3.63, 3.8) is 0 Å². The molecule has 0 bridgehead atoms. The first-order valence-electron chi connectivity index (χ1n) is 5.57. The van der Waals surface area contributed by atoms with Gasteiger partial charge in [0.05, 0.1) is 11.3 Å². The lowest BCUT2D eigenvalue weighted by molar-refractivity contribution is -0.385. The van der Waals surface area contributed by atoms with Gasteiger partial charge in [0.1, 0.15) is 0 Å². The van der Waals surface area contributed by atoms with E-state index in [9.17, 15) is 14.9 Å². The van der Waals surface area contributed by atoms with Crippen molar-refractivity contribution in [1.82, 2.24) is 5.32 Å². The minimum atomic E-state index is -0.485. The quantitative estimate of drug-likeness (QED) is 0.359. The summed E-state index contributed by atoms with van der Waals surface area (Å²) >= 11 is 0. The van der Waals surface area contributed by atoms with Crippen molar-refractivity contribution < 1.29 is 9.72 Å². The van der Waals surface area contributed by atoms with Crippen LogP contribution in [-0.4, -0.2) is 17.4 Å². The molecule has 0 atom stereocenters. The summed E-state index contributed by atoms with van der Waals surface area (Å²) < 4.78 is 0. The SMILES string of the molecule is C#CCCCNC(=O)Cc1ccccc1[N+](=O)[O-]. The van der Waals surface area contributed by atoms with Crippen molar-refractivity contribution in [2.24, 2.45) is 0 Å². The average molecular weight is 246 g/mol. The topological polar surface area (TPSA) is 72.2 Å². The summed E-state index contributed by atoms with van der Waals surface area (Å²) in [5.74, 6) is 2.24. The molecule has 0 spiro atoms. The van der Waals surface area contributed by atoms with Gasteiger partial charge in [-0.05, 0) is 6.42 Å². The number of terminal acetylenes is 1. The van der Waals surface area contributed by atoms with Crippen LogP contribution in [0.5, 0.6) is 0 Å². The molecule has 0 heterocycles. The lowest BCUT2D eigenvalue weighted by Crippen LogP contribution is -2.26. The molecule has 18 heavy (non-hydrogen) atoms. The molecule has 1 aromatic rings. The molecule has 1 rings (SSSR count). The maximum atomic E-state index is 11.6. The van der Waals surface area contributed by atoms with E-state index in [1.165, 1.54) is 6.07 Å². The summed E-state index contributed by atoms with van der Waals surface area (Å²) in [5, 5.41) is 13.4. The highest BCUT2D eigenvalue weighted by molar-refractivity contribution is 5.79. The Morgan fingerprint density at radius 3 is 2.83 bits per heavy atom. The van der Waals surface area contributed by atoms with Gasteiger partial charge in [0, 0.05) is 24.6 Å². The maximum Gasteiger partial charge on any atom is 0.273 e. The molecule has 0 fully saturated rings. The van der Waals surface area contributed by atoms with Gasteiger partial charge in [0.2, 0.25) is 5.91 Å². The van der Waals surface area contributed by atoms with Gasteiger partial charge in [-0.25, -0.2) is 0 Å². The number of carbonyl (C=O) groups excluding carboxylic acids is 1. The van der Waals surface area contributed by atoms with Gasteiger partial charge in [0.15, 0.2) is 0 Å². The molecule has 1 N–H and O–H groups in total. The summed E-state index contributed by atoms with van der Waals surface area (Å²) in [6.07, 6.45) is 6.40. The molecule has 0 unspecified atom stereocenters. The summed E-state index contributed by atoms with van der Waals surface area (Å²) in [7, 11) is 0. The second-order valence-electron chi connectivity index (χ2n) is 3.72. The smallest absolute Gasteiger partial charge is 0.273 e. The molecular formula is C13H14N2O3. The van der Waals surface area contributed by atoms with Gasteiger partial charge >= 0.3 is 0 Å². The number of nitrogens with zero attached hydrogens (tertiary/aromatic N) is 1. The fourth-order valence-electron chi connectivity index (χ4n) is 1.49. The monoisotopic (exact) mass is 246 g/mol. The minimum absolute atomic E-state index is 0.00715. The normalized spacial score (nSPS) is 9.50. The highest BCUT2D eigenvalue weighted by Gasteiger charge is 2.14. The second kappa shape index (κ2) is 7.07. The molecule has 5 heteroatoms. The zero-order valence-corrected chi connectivity index (χ0v) is 9.89. The molecular weight excluding hydrogens is 232 g/mol. The van der Waals surface area contributed by atoms with Crippen LogP contribution in [0, 0.1) is 22.5 Å². The molecule has 0 aliphatic carbocycles. The van der Waals surface area contributed by atoms with Gasteiger partial charge in [-0.15, -0.1) is 12.3 Å². The number of benzene rings is 1. The van der Waals surface area contributed by atoms with Crippen LogP contribution in [0.4, 0.5) is 5.69 Å². The van der Waals surface area contributed by atoms with Gasteiger partial charge in [-0.1, -0.05) is 18.2 Å². The predicted molar refractivity (Wildman–Crippen MR) is 67.9 cm³/mol. The first-order chi connectivity index (χ1) is 8.65. The Morgan fingerprint density at radius 2 is 2.17 bits per heavy atom. The molecule has 0 radical (unpaired) electrons. The van der Waals surface area contributed by atoms with Gasteiger partial charge in [-0.2, -0.15) is 0 Å². The van der Waals surface area contributed by atoms with E-state index in [2.05, 4.69) is 11.2 Å². The van der Waals surface area contributed by atoms with Crippen molar-refractivity contribution in [3.05, 3.63) is 39.9 Å². The van der Waals surface area contributed by atoms with E-state index in [1.807, 2.05) is 0 Å². The van der Waals surface area contributed by atoms with E-state index >= 15 is 0 Å². The largest absolute Gasteiger partial charge is 0.356 e. The lowest BCUT2D eigenvalue weighted by atomic mass is 10.1. The standard InChI is InChI=1S/C13H14N2O3/c1-2-3-6-9-14-13(16)10-11-7-4-5-8-12(11)15(17)18/h1,4-5,7-8H,3,6,9-10H2,(H,14,16). The number of carbonyl (C=O) groups is 1. The molecule has 0 aliphatic heterocycles. The van der Waals surface area contributed by atoms with Crippen LogP contribution in [0.2, 0.25) is 0 Å². The summed E-state index contributed by atoms with van der Waals surface area (Å²) in [5.41, 5.74) is 0.383. The maximum absolute atomic E-state index is 11.6. The number of nitro groups is 1. The Hall–Kier alpha value is -2.35. The summed E-state index contributed by atoms with van der Waals surface area (Å²) in [6.45, 7) is 0.490. The lowest BCUT2D eigenvalue weighted by Gasteiger charge is -2.04. The van der Waals surface area contributed by atoms with E-state index in [0.29, 0.717) is 24.9 Å². The number of hydrogen-bond acceptors (Lipinski definition) is 3.